The maximum atomic E-state index is 5.93. The lowest BCUT2D eigenvalue weighted by Gasteiger charge is -2.02. The molecule has 3 rings (SSSR count). The van der Waals surface area contributed by atoms with Crippen molar-refractivity contribution in [2.24, 2.45) is 5.73 Å². The molecule has 5 nitrogen and oxygen atoms in total. The first-order chi connectivity index (χ1) is 9.28. The van der Waals surface area contributed by atoms with Crippen molar-refractivity contribution in [2.45, 2.75) is 44.6 Å². The maximum Gasteiger partial charge on any atom is 0.230 e. The molecule has 1 aliphatic rings. The van der Waals surface area contributed by atoms with Gasteiger partial charge < -0.3 is 10.3 Å². The molecular weight excluding hydrogens is 240 g/mol. The fourth-order valence-electron chi connectivity index (χ4n) is 2.68. The number of hydrogen-bond donors (Lipinski definition) is 1. The molecule has 19 heavy (non-hydrogen) atoms. The molecular formula is C14H18N4O. The Morgan fingerprint density at radius 2 is 2.32 bits per heavy atom. The zero-order valence-corrected chi connectivity index (χ0v) is 11.0. The SMILES string of the molecule is CCc1cnccc1-c1noc(C2CCC(N)C2)n1. The van der Waals surface area contributed by atoms with Gasteiger partial charge in [-0.05, 0) is 37.3 Å². The minimum atomic E-state index is 0.271. The first-order valence-corrected chi connectivity index (χ1v) is 6.80. The minimum Gasteiger partial charge on any atom is -0.339 e. The van der Waals surface area contributed by atoms with Gasteiger partial charge in [-0.3, -0.25) is 4.98 Å². The third-order valence-electron chi connectivity index (χ3n) is 3.79. The van der Waals surface area contributed by atoms with Gasteiger partial charge in [0.2, 0.25) is 11.7 Å². The van der Waals surface area contributed by atoms with Gasteiger partial charge in [0, 0.05) is 29.9 Å². The maximum absolute atomic E-state index is 5.93. The molecule has 0 saturated heterocycles. The Balaban J connectivity index is 1.88. The fourth-order valence-corrected chi connectivity index (χ4v) is 2.68. The largest absolute Gasteiger partial charge is 0.339 e. The summed E-state index contributed by atoms with van der Waals surface area (Å²) in [5.41, 5.74) is 8.07. The predicted octanol–water partition coefficient (Wildman–Crippen LogP) is 2.29. The van der Waals surface area contributed by atoms with Gasteiger partial charge in [-0.1, -0.05) is 12.1 Å². The summed E-state index contributed by atoms with van der Waals surface area (Å²) in [6.07, 6.45) is 7.55. The normalized spacial score (nSPS) is 22.8. The Kier molecular flexibility index (Phi) is 3.29. The van der Waals surface area contributed by atoms with Gasteiger partial charge in [-0.15, -0.1) is 0 Å². The van der Waals surface area contributed by atoms with Crippen molar-refractivity contribution in [1.29, 1.82) is 0 Å². The van der Waals surface area contributed by atoms with Crippen LogP contribution >= 0.6 is 0 Å². The van der Waals surface area contributed by atoms with Crippen molar-refractivity contribution in [3.8, 4) is 11.4 Å². The Morgan fingerprint density at radius 3 is 3.05 bits per heavy atom. The third-order valence-corrected chi connectivity index (χ3v) is 3.79. The number of aryl methyl sites for hydroxylation is 1. The standard InChI is InChI=1S/C14H18N4O/c1-2-9-8-16-6-5-12(9)13-17-14(19-18-13)10-3-4-11(15)7-10/h5-6,8,10-11H,2-4,7,15H2,1H3. The highest BCUT2D eigenvalue weighted by atomic mass is 16.5. The molecule has 100 valence electrons. The number of rotatable bonds is 3. The molecule has 1 saturated carbocycles. The topological polar surface area (TPSA) is 77.8 Å². The second-order valence-electron chi connectivity index (χ2n) is 5.11. The highest BCUT2D eigenvalue weighted by molar-refractivity contribution is 5.58. The predicted molar refractivity (Wildman–Crippen MR) is 71.5 cm³/mol. The van der Waals surface area contributed by atoms with Gasteiger partial charge >= 0.3 is 0 Å². The first kappa shape index (κ1) is 12.3. The van der Waals surface area contributed by atoms with E-state index < -0.39 is 0 Å². The van der Waals surface area contributed by atoms with Crippen LogP contribution in [0.5, 0.6) is 0 Å². The first-order valence-electron chi connectivity index (χ1n) is 6.80. The van der Waals surface area contributed by atoms with Gasteiger partial charge in [0.15, 0.2) is 0 Å². The Morgan fingerprint density at radius 1 is 1.42 bits per heavy atom. The zero-order chi connectivity index (χ0) is 13.2. The van der Waals surface area contributed by atoms with E-state index in [4.69, 9.17) is 10.3 Å². The quantitative estimate of drug-likeness (QED) is 0.913. The van der Waals surface area contributed by atoms with Crippen LogP contribution in [0.15, 0.2) is 23.0 Å². The van der Waals surface area contributed by atoms with Crippen LogP contribution in [0.3, 0.4) is 0 Å². The number of hydrogen-bond acceptors (Lipinski definition) is 5. The number of nitrogens with two attached hydrogens (primary N) is 1. The van der Waals surface area contributed by atoms with E-state index in [1.165, 1.54) is 0 Å². The van der Waals surface area contributed by atoms with Gasteiger partial charge in [-0.2, -0.15) is 4.98 Å². The lowest BCUT2D eigenvalue weighted by Crippen LogP contribution is -2.14. The van der Waals surface area contributed by atoms with Crippen LogP contribution in [0.4, 0.5) is 0 Å². The van der Waals surface area contributed by atoms with Gasteiger partial charge in [0.05, 0.1) is 0 Å². The second-order valence-corrected chi connectivity index (χ2v) is 5.11. The highest BCUT2D eigenvalue weighted by Crippen LogP contribution is 2.33. The van der Waals surface area contributed by atoms with Crippen molar-refractivity contribution in [2.75, 3.05) is 0 Å². The van der Waals surface area contributed by atoms with E-state index in [1.54, 1.807) is 6.20 Å². The highest BCUT2D eigenvalue weighted by Gasteiger charge is 2.28. The molecule has 2 aromatic rings. The minimum absolute atomic E-state index is 0.271. The molecule has 0 bridgehead atoms. The summed E-state index contributed by atoms with van der Waals surface area (Å²) in [4.78, 5) is 8.68. The second kappa shape index (κ2) is 5.09. The molecule has 2 atom stereocenters. The van der Waals surface area contributed by atoms with Crippen molar-refractivity contribution >= 4 is 0 Å². The molecule has 2 aromatic heterocycles. The number of nitrogens with zero attached hydrogens (tertiary/aromatic N) is 3. The van der Waals surface area contributed by atoms with E-state index in [0.717, 1.165) is 42.7 Å². The molecule has 0 radical (unpaired) electrons. The summed E-state index contributed by atoms with van der Waals surface area (Å²) in [5.74, 6) is 1.71. The molecule has 0 spiro atoms. The van der Waals surface area contributed by atoms with Crippen LogP contribution in [0, 0.1) is 0 Å². The van der Waals surface area contributed by atoms with Gasteiger partial charge in [-0.25, -0.2) is 0 Å². The van der Waals surface area contributed by atoms with E-state index >= 15 is 0 Å². The van der Waals surface area contributed by atoms with Crippen LogP contribution in [-0.2, 0) is 6.42 Å². The fraction of sp³-hybridized carbons (Fsp3) is 0.500. The molecule has 2 N–H and O–H groups in total. The Hall–Kier alpha value is -1.75. The Bertz CT molecular complexity index is 566. The number of aromatic nitrogens is 3. The van der Waals surface area contributed by atoms with Gasteiger partial charge in [0.1, 0.15) is 0 Å². The van der Waals surface area contributed by atoms with Crippen molar-refractivity contribution in [3.05, 3.63) is 29.9 Å². The van der Waals surface area contributed by atoms with Crippen molar-refractivity contribution in [3.63, 3.8) is 0 Å². The monoisotopic (exact) mass is 258 g/mol. The summed E-state index contributed by atoms with van der Waals surface area (Å²) in [7, 11) is 0. The van der Waals surface area contributed by atoms with E-state index in [1.807, 2.05) is 12.3 Å². The molecule has 0 aliphatic heterocycles. The summed E-state index contributed by atoms with van der Waals surface area (Å²) in [6.45, 7) is 2.09. The van der Waals surface area contributed by atoms with Gasteiger partial charge in [0.25, 0.3) is 0 Å². The van der Waals surface area contributed by atoms with Crippen LogP contribution < -0.4 is 5.73 Å². The average molecular weight is 258 g/mol. The van der Waals surface area contributed by atoms with E-state index in [0.29, 0.717) is 11.7 Å². The average Bonchev–Trinajstić information content (AvgIpc) is 3.07. The third kappa shape index (κ3) is 2.38. The van der Waals surface area contributed by atoms with Crippen LogP contribution in [0.1, 0.15) is 43.6 Å². The molecule has 2 heterocycles. The van der Waals surface area contributed by atoms with E-state index in [2.05, 4.69) is 22.0 Å². The van der Waals surface area contributed by atoms with Crippen molar-refractivity contribution in [1.82, 2.24) is 15.1 Å². The van der Waals surface area contributed by atoms with E-state index in [-0.39, 0.29) is 6.04 Å². The molecule has 0 aromatic carbocycles. The van der Waals surface area contributed by atoms with Crippen LogP contribution in [-0.4, -0.2) is 21.2 Å². The van der Waals surface area contributed by atoms with E-state index in [9.17, 15) is 0 Å². The smallest absolute Gasteiger partial charge is 0.230 e. The lowest BCUT2D eigenvalue weighted by molar-refractivity contribution is 0.353. The summed E-state index contributed by atoms with van der Waals surface area (Å²) >= 11 is 0. The molecule has 5 heteroatoms. The van der Waals surface area contributed by atoms with Crippen LogP contribution in [0.25, 0.3) is 11.4 Å². The summed E-state index contributed by atoms with van der Waals surface area (Å²) in [6, 6.07) is 2.21. The summed E-state index contributed by atoms with van der Waals surface area (Å²) in [5, 5.41) is 4.11. The lowest BCUT2D eigenvalue weighted by atomic mass is 10.1. The Labute approximate surface area is 112 Å². The molecule has 0 amide bonds. The molecule has 2 unspecified atom stereocenters. The van der Waals surface area contributed by atoms with Crippen molar-refractivity contribution < 1.29 is 4.52 Å². The number of pyridine rings is 1. The zero-order valence-electron chi connectivity index (χ0n) is 11.0. The summed E-state index contributed by atoms with van der Waals surface area (Å²) < 4.78 is 5.41. The molecule has 1 aliphatic carbocycles. The molecule has 1 fully saturated rings. The van der Waals surface area contributed by atoms with Crippen LogP contribution in [0.2, 0.25) is 0 Å².